The van der Waals surface area contributed by atoms with Crippen molar-refractivity contribution in [3.05, 3.63) is 47.0 Å². The number of rotatable bonds is 5. The molecule has 4 heterocycles. The van der Waals surface area contributed by atoms with Crippen LogP contribution in [-0.4, -0.2) is 20.2 Å². The highest BCUT2D eigenvalue weighted by Gasteiger charge is 2.10. The second-order valence-corrected chi connectivity index (χ2v) is 7.10. The second kappa shape index (κ2) is 6.07. The molecule has 0 aliphatic heterocycles. The van der Waals surface area contributed by atoms with Crippen molar-refractivity contribution in [1.29, 1.82) is 0 Å². The smallest absolute Gasteiger partial charge is 0.209 e. The van der Waals surface area contributed by atoms with E-state index in [1.54, 1.807) is 40.7 Å². The molecule has 0 bridgehead atoms. The van der Waals surface area contributed by atoms with Crippen LogP contribution in [0.2, 0.25) is 0 Å². The minimum Gasteiger partial charge on any atom is -0.462 e. The van der Waals surface area contributed by atoms with Gasteiger partial charge in [0.15, 0.2) is 16.6 Å². The normalized spacial score (nSPS) is 11.1. The molecule has 0 aromatic carbocycles. The van der Waals surface area contributed by atoms with Gasteiger partial charge in [-0.05, 0) is 23.6 Å². The van der Waals surface area contributed by atoms with Crippen LogP contribution in [0.25, 0.3) is 21.5 Å². The molecule has 5 nitrogen and oxygen atoms in total. The lowest BCUT2D eigenvalue weighted by Gasteiger charge is -1.92. The van der Waals surface area contributed by atoms with Gasteiger partial charge in [-0.15, -0.1) is 27.8 Å². The summed E-state index contributed by atoms with van der Waals surface area (Å²) >= 11 is 4.79. The van der Waals surface area contributed by atoms with Crippen molar-refractivity contribution in [1.82, 2.24) is 20.2 Å². The lowest BCUT2D eigenvalue weighted by Crippen LogP contribution is -1.82. The number of furan rings is 1. The summed E-state index contributed by atoms with van der Waals surface area (Å²) in [6, 6.07) is 7.81. The van der Waals surface area contributed by atoms with Gasteiger partial charge in [0.1, 0.15) is 0 Å². The summed E-state index contributed by atoms with van der Waals surface area (Å²) in [6.07, 6.45) is 1.66. The first-order chi connectivity index (χ1) is 10.9. The second-order valence-electron chi connectivity index (χ2n) is 4.35. The zero-order chi connectivity index (χ0) is 14.8. The Labute approximate surface area is 138 Å². The predicted molar refractivity (Wildman–Crippen MR) is 89.1 cm³/mol. The third kappa shape index (κ3) is 2.85. The Balaban J connectivity index is 1.43. The van der Waals surface area contributed by atoms with Crippen molar-refractivity contribution in [3.63, 3.8) is 0 Å². The van der Waals surface area contributed by atoms with Gasteiger partial charge in [-0.25, -0.2) is 9.97 Å². The Morgan fingerprint density at radius 2 is 2.18 bits per heavy atom. The average molecular weight is 346 g/mol. The van der Waals surface area contributed by atoms with E-state index in [1.165, 1.54) is 0 Å². The molecule has 4 aromatic rings. The molecular formula is C14H10N4OS3. The van der Waals surface area contributed by atoms with Crippen LogP contribution in [0.5, 0.6) is 0 Å². The van der Waals surface area contributed by atoms with Crippen LogP contribution in [0, 0.1) is 0 Å². The van der Waals surface area contributed by atoms with E-state index >= 15 is 0 Å². The first-order valence-electron chi connectivity index (χ1n) is 6.46. The van der Waals surface area contributed by atoms with Crippen molar-refractivity contribution in [2.45, 2.75) is 10.9 Å². The molecule has 1 N–H and O–H groups in total. The van der Waals surface area contributed by atoms with Crippen LogP contribution in [0.3, 0.4) is 0 Å². The Bertz CT molecular complexity index is 776. The van der Waals surface area contributed by atoms with E-state index in [-0.39, 0.29) is 0 Å². The molecule has 0 unspecified atom stereocenters. The topological polar surface area (TPSA) is 67.6 Å². The number of thiophene rings is 1. The zero-order valence-corrected chi connectivity index (χ0v) is 13.7. The molecule has 0 radical (unpaired) electrons. The van der Waals surface area contributed by atoms with Gasteiger partial charge in [-0.3, -0.25) is 5.10 Å². The van der Waals surface area contributed by atoms with Crippen LogP contribution < -0.4 is 0 Å². The van der Waals surface area contributed by atoms with Gasteiger partial charge in [0, 0.05) is 11.1 Å². The van der Waals surface area contributed by atoms with Crippen LogP contribution in [0.1, 0.15) is 5.69 Å². The van der Waals surface area contributed by atoms with Crippen molar-refractivity contribution >= 4 is 34.4 Å². The Morgan fingerprint density at radius 1 is 1.18 bits per heavy atom. The Kier molecular flexibility index (Phi) is 3.79. The quantitative estimate of drug-likeness (QED) is 0.537. The lowest BCUT2D eigenvalue weighted by molar-refractivity contribution is 0.581. The maximum absolute atomic E-state index is 5.35. The summed E-state index contributed by atoms with van der Waals surface area (Å²) in [6.45, 7) is 0. The SMILES string of the molecule is c1coc(-c2nc(CSc3n[nH]c(-c4cccs4)n3)cs2)c1. The highest BCUT2D eigenvalue weighted by molar-refractivity contribution is 7.98. The van der Waals surface area contributed by atoms with E-state index in [2.05, 4.69) is 20.2 Å². The van der Waals surface area contributed by atoms with E-state index in [4.69, 9.17) is 4.42 Å². The molecule has 0 fully saturated rings. The third-order valence-corrected chi connectivity index (χ3v) is 5.52. The van der Waals surface area contributed by atoms with Gasteiger partial charge in [-0.2, -0.15) is 0 Å². The molecule has 22 heavy (non-hydrogen) atoms. The van der Waals surface area contributed by atoms with Crippen LogP contribution in [0.15, 0.2) is 50.9 Å². The Hall–Kier alpha value is -1.90. The largest absolute Gasteiger partial charge is 0.462 e. The molecule has 0 amide bonds. The van der Waals surface area contributed by atoms with Gasteiger partial charge < -0.3 is 4.42 Å². The summed E-state index contributed by atoms with van der Waals surface area (Å²) < 4.78 is 5.35. The minimum absolute atomic E-state index is 0.732. The molecular weight excluding hydrogens is 336 g/mol. The number of hydrogen-bond donors (Lipinski definition) is 1. The van der Waals surface area contributed by atoms with Gasteiger partial charge in [0.05, 0.1) is 16.8 Å². The molecule has 8 heteroatoms. The fraction of sp³-hybridized carbons (Fsp3) is 0.0714. The third-order valence-electron chi connectivity index (χ3n) is 2.85. The Morgan fingerprint density at radius 3 is 3.00 bits per heavy atom. The van der Waals surface area contributed by atoms with E-state index < -0.39 is 0 Å². The van der Waals surface area contributed by atoms with Gasteiger partial charge in [0.25, 0.3) is 0 Å². The number of H-pyrrole nitrogens is 1. The molecule has 0 aliphatic carbocycles. The maximum atomic E-state index is 5.35. The van der Waals surface area contributed by atoms with Crippen LogP contribution in [0.4, 0.5) is 0 Å². The first kappa shape index (κ1) is 13.7. The number of thiazole rings is 1. The van der Waals surface area contributed by atoms with Crippen molar-refractivity contribution < 1.29 is 4.42 Å². The lowest BCUT2D eigenvalue weighted by atomic mass is 10.4. The molecule has 0 spiro atoms. The van der Waals surface area contributed by atoms with Gasteiger partial charge in [-0.1, -0.05) is 17.8 Å². The van der Waals surface area contributed by atoms with Crippen molar-refractivity contribution in [2.75, 3.05) is 0 Å². The fourth-order valence-electron chi connectivity index (χ4n) is 1.86. The summed E-state index contributed by atoms with van der Waals surface area (Å²) in [5.41, 5.74) is 1.00. The summed E-state index contributed by atoms with van der Waals surface area (Å²) in [7, 11) is 0. The summed E-state index contributed by atoms with van der Waals surface area (Å²) in [5, 5.41) is 12.9. The summed E-state index contributed by atoms with van der Waals surface area (Å²) in [5.74, 6) is 2.35. The number of aromatic amines is 1. The molecule has 0 atom stereocenters. The molecule has 0 aliphatic rings. The average Bonchev–Trinajstić information content (AvgIpc) is 3.33. The number of thioether (sulfide) groups is 1. The van der Waals surface area contributed by atoms with Gasteiger partial charge in [0.2, 0.25) is 5.16 Å². The molecule has 4 aromatic heterocycles. The molecule has 0 saturated carbocycles. The van der Waals surface area contributed by atoms with Gasteiger partial charge >= 0.3 is 0 Å². The molecule has 4 rings (SSSR count). The molecule has 0 saturated heterocycles. The van der Waals surface area contributed by atoms with E-state index in [0.717, 1.165) is 38.1 Å². The highest BCUT2D eigenvalue weighted by Crippen LogP contribution is 2.28. The molecule has 110 valence electrons. The monoisotopic (exact) mass is 346 g/mol. The van der Waals surface area contributed by atoms with Crippen LogP contribution in [-0.2, 0) is 5.75 Å². The number of nitrogens with zero attached hydrogens (tertiary/aromatic N) is 3. The van der Waals surface area contributed by atoms with E-state index in [1.807, 2.05) is 35.0 Å². The maximum Gasteiger partial charge on any atom is 0.209 e. The standard InChI is InChI=1S/C14H10N4OS3/c1-3-10(19-5-1)13-15-9(7-21-13)8-22-14-16-12(17-18-14)11-4-2-6-20-11/h1-7H,8H2,(H,16,17,18). The number of nitrogens with one attached hydrogen (secondary N) is 1. The fourth-order valence-corrected chi connectivity index (χ4v) is 4.11. The zero-order valence-electron chi connectivity index (χ0n) is 11.2. The van der Waals surface area contributed by atoms with Crippen molar-refractivity contribution in [2.24, 2.45) is 0 Å². The van der Waals surface area contributed by atoms with Crippen LogP contribution >= 0.6 is 34.4 Å². The van der Waals surface area contributed by atoms with E-state index in [0.29, 0.717) is 0 Å². The summed E-state index contributed by atoms with van der Waals surface area (Å²) in [4.78, 5) is 10.1. The number of aromatic nitrogens is 4. The minimum atomic E-state index is 0.732. The first-order valence-corrected chi connectivity index (χ1v) is 9.20. The predicted octanol–water partition coefficient (Wildman–Crippen LogP) is 4.54. The van der Waals surface area contributed by atoms with E-state index in [9.17, 15) is 0 Å². The highest BCUT2D eigenvalue weighted by atomic mass is 32.2. The number of hydrogen-bond acceptors (Lipinski definition) is 7. The van der Waals surface area contributed by atoms with Crippen molar-refractivity contribution in [3.8, 4) is 21.5 Å².